The zero-order valence-corrected chi connectivity index (χ0v) is 15.2. The van der Waals surface area contributed by atoms with Crippen molar-refractivity contribution in [3.63, 3.8) is 0 Å². The molecule has 24 heavy (non-hydrogen) atoms. The number of carbonyl (C=O) groups excluding carboxylic acids is 1. The van der Waals surface area contributed by atoms with Gasteiger partial charge < -0.3 is 14.4 Å². The number of ether oxygens (including phenoxy) is 2. The Labute approximate surface area is 145 Å². The Bertz CT molecular complexity index is 525. The molecule has 0 radical (unpaired) electrons. The first-order valence-electron chi connectivity index (χ1n) is 8.89. The molecule has 1 aromatic carbocycles. The fraction of sp³-hybridized carbons (Fsp3) is 0.632. The SMILES string of the molecule is CCCCCN1CCN(C(=O)Cc2ccc(OC)c(OC)c2)CC1. The van der Waals surface area contributed by atoms with E-state index < -0.39 is 0 Å². The minimum absolute atomic E-state index is 0.190. The lowest BCUT2D eigenvalue weighted by atomic mass is 10.1. The summed E-state index contributed by atoms with van der Waals surface area (Å²) in [7, 11) is 3.23. The second-order valence-corrected chi connectivity index (χ2v) is 6.30. The molecule has 1 aliphatic rings. The van der Waals surface area contributed by atoms with Gasteiger partial charge in [0.1, 0.15) is 0 Å². The average molecular weight is 334 g/mol. The first-order chi connectivity index (χ1) is 11.7. The zero-order chi connectivity index (χ0) is 17.4. The number of hydrogen-bond acceptors (Lipinski definition) is 4. The number of rotatable bonds is 8. The van der Waals surface area contributed by atoms with Gasteiger partial charge in [0, 0.05) is 26.2 Å². The third kappa shape index (κ3) is 5.13. The minimum Gasteiger partial charge on any atom is -0.493 e. The van der Waals surface area contributed by atoms with Gasteiger partial charge in [-0.05, 0) is 30.7 Å². The van der Waals surface area contributed by atoms with Crippen molar-refractivity contribution < 1.29 is 14.3 Å². The van der Waals surface area contributed by atoms with Gasteiger partial charge >= 0.3 is 0 Å². The van der Waals surface area contributed by atoms with Gasteiger partial charge in [-0.1, -0.05) is 25.8 Å². The van der Waals surface area contributed by atoms with E-state index in [0.717, 1.165) is 38.3 Å². The molecule has 2 rings (SSSR count). The minimum atomic E-state index is 0.190. The molecular formula is C19H30N2O3. The maximum absolute atomic E-state index is 12.5. The van der Waals surface area contributed by atoms with Crippen molar-refractivity contribution in [2.75, 3.05) is 46.9 Å². The third-order valence-corrected chi connectivity index (χ3v) is 4.61. The van der Waals surface area contributed by atoms with Crippen LogP contribution in [0.3, 0.4) is 0 Å². The lowest BCUT2D eigenvalue weighted by Crippen LogP contribution is -2.49. The second kappa shape index (κ2) is 9.52. The van der Waals surface area contributed by atoms with Gasteiger partial charge in [0.05, 0.1) is 20.6 Å². The number of methoxy groups -OCH3 is 2. The first kappa shape index (κ1) is 18.6. The van der Waals surface area contributed by atoms with E-state index in [1.165, 1.54) is 19.3 Å². The number of unbranched alkanes of at least 4 members (excludes halogenated alkanes) is 2. The number of amides is 1. The van der Waals surface area contributed by atoms with Crippen molar-refractivity contribution in [2.45, 2.75) is 32.6 Å². The Morgan fingerprint density at radius 2 is 1.75 bits per heavy atom. The lowest BCUT2D eigenvalue weighted by Gasteiger charge is -2.34. The Morgan fingerprint density at radius 3 is 2.38 bits per heavy atom. The molecule has 0 aliphatic carbocycles. The third-order valence-electron chi connectivity index (χ3n) is 4.61. The molecule has 1 heterocycles. The van der Waals surface area contributed by atoms with Crippen LogP contribution in [0.5, 0.6) is 11.5 Å². The molecule has 0 spiro atoms. The van der Waals surface area contributed by atoms with Crippen LogP contribution in [0.2, 0.25) is 0 Å². The van der Waals surface area contributed by atoms with E-state index in [0.29, 0.717) is 17.9 Å². The molecule has 1 saturated heterocycles. The van der Waals surface area contributed by atoms with Crippen LogP contribution in [0.25, 0.3) is 0 Å². The molecule has 134 valence electrons. The predicted molar refractivity (Wildman–Crippen MR) is 95.8 cm³/mol. The standard InChI is InChI=1S/C19H30N2O3/c1-4-5-6-9-20-10-12-21(13-11-20)19(22)15-16-7-8-17(23-2)18(14-16)24-3/h7-8,14H,4-6,9-13,15H2,1-3H3. The summed E-state index contributed by atoms with van der Waals surface area (Å²) < 4.78 is 10.5. The number of piperazine rings is 1. The summed E-state index contributed by atoms with van der Waals surface area (Å²) >= 11 is 0. The molecule has 1 aromatic rings. The molecule has 0 bridgehead atoms. The van der Waals surface area contributed by atoms with Gasteiger partial charge in [0.15, 0.2) is 11.5 Å². The summed E-state index contributed by atoms with van der Waals surface area (Å²) in [5.74, 6) is 1.55. The van der Waals surface area contributed by atoms with Crippen LogP contribution >= 0.6 is 0 Å². The van der Waals surface area contributed by atoms with Crippen LogP contribution in [-0.4, -0.2) is 62.7 Å². The lowest BCUT2D eigenvalue weighted by molar-refractivity contribution is -0.132. The van der Waals surface area contributed by atoms with Crippen LogP contribution < -0.4 is 9.47 Å². The van der Waals surface area contributed by atoms with E-state index in [9.17, 15) is 4.79 Å². The number of benzene rings is 1. The summed E-state index contributed by atoms with van der Waals surface area (Å²) in [6.45, 7) is 7.02. The molecule has 0 saturated carbocycles. The Kier molecular flexibility index (Phi) is 7.37. The van der Waals surface area contributed by atoms with Gasteiger partial charge in [-0.25, -0.2) is 0 Å². The quantitative estimate of drug-likeness (QED) is 0.685. The van der Waals surface area contributed by atoms with Crippen molar-refractivity contribution in [3.05, 3.63) is 23.8 Å². The first-order valence-corrected chi connectivity index (χ1v) is 8.89. The molecule has 1 fully saturated rings. The number of nitrogens with zero attached hydrogens (tertiary/aromatic N) is 2. The molecule has 0 aromatic heterocycles. The van der Waals surface area contributed by atoms with E-state index in [4.69, 9.17) is 9.47 Å². The molecule has 5 heteroatoms. The molecule has 1 aliphatic heterocycles. The normalized spacial score (nSPS) is 15.4. The fourth-order valence-corrected chi connectivity index (χ4v) is 3.08. The maximum atomic E-state index is 12.5. The van der Waals surface area contributed by atoms with Crippen LogP contribution in [0.4, 0.5) is 0 Å². The van der Waals surface area contributed by atoms with Gasteiger partial charge in [-0.2, -0.15) is 0 Å². The fourth-order valence-electron chi connectivity index (χ4n) is 3.08. The molecule has 0 atom stereocenters. The van der Waals surface area contributed by atoms with Gasteiger partial charge in [-0.15, -0.1) is 0 Å². The summed E-state index contributed by atoms with van der Waals surface area (Å²) in [6.07, 6.45) is 4.22. The van der Waals surface area contributed by atoms with E-state index in [-0.39, 0.29) is 5.91 Å². The van der Waals surface area contributed by atoms with E-state index >= 15 is 0 Å². The van der Waals surface area contributed by atoms with Crippen molar-refractivity contribution in [2.24, 2.45) is 0 Å². The summed E-state index contributed by atoms with van der Waals surface area (Å²) in [4.78, 5) is 17.0. The highest BCUT2D eigenvalue weighted by Crippen LogP contribution is 2.27. The second-order valence-electron chi connectivity index (χ2n) is 6.30. The highest BCUT2D eigenvalue weighted by Gasteiger charge is 2.21. The molecule has 5 nitrogen and oxygen atoms in total. The monoisotopic (exact) mass is 334 g/mol. The van der Waals surface area contributed by atoms with E-state index in [1.54, 1.807) is 14.2 Å². The number of hydrogen-bond donors (Lipinski definition) is 0. The maximum Gasteiger partial charge on any atom is 0.227 e. The largest absolute Gasteiger partial charge is 0.493 e. The molecule has 1 amide bonds. The van der Waals surface area contributed by atoms with E-state index in [1.807, 2.05) is 23.1 Å². The van der Waals surface area contributed by atoms with Gasteiger partial charge in [0.2, 0.25) is 5.91 Å². The molecular weight excluding hydrogens is 304 g/mol. The highest BCUT2D eigenvalue weighted by molar-refractivity contribution is 5.79. The van der Waals surface area contributed by atoms with Crippen molar-refractivity contribution in [1.29, 1.82) is 0 Å². The van der Waals surface area contributed by atoms with Gasteiger partial charge in [-0.3, -0.25) is 9.69 Å². The van der Waals surface area contributed by atoms with Crippen LogP contribution in [0.1, 0.15) is 31.7 Å². The topological polar surface area (TPSA) is 42.0 Å². The summed E-state index contributed by atoms with van der Waals surface area (Å²) in [5, 5.41) is 0. The van der Waals surface area contributed by atoms with Crippen LogP contribution in [-0.2, 0) is 11.2 Å². The number of carbonyl (C=O) groups is 1. The summed E-state index contributed by atoms with van der Waals surface area (Å²) in [5.41, 5.74) is 0.961. The Morgan fingerprint density at radius 1 is 1.04 bits per heavy atom. The zero-order valence-electron chi connectivity index (χ0n) is 15.2. The van der Waals surface area contributed by atoms with Crippen LogP contribution in [0, 0.1) is 0 Å². The predicted octanol–water partition coefficient (Wildman–Crippen LogP) is 2.58. The average Bonchev–Trinajstić information content (AvgIpc) is 2.62. The highest BCUT2D eigenvalue weighted by atomic mass is 16.5. The Balaban J connectivity index is 1.83. The van der Waals surface area contributed by atoms with Gasteiger partial charge in [0.25, 0.3) is 0 Å². The van der Waals surface area contributed by atoms with Crippen molar-refractivity contribution in [3.8, 4) is 11.5 Å². The molecule has 0 N–H and O–H groups in total. The molecule has 0 unspecified atom stereocenters. The van der Waals surface area contributed by atoms with Crippen LogP contribution in [0.15, 0.2) is 18.2 Å². The Hall–Kier alpha value is -1.75. The summed E-state index contributed by atoms with van der Waals surface area (Å²) in [6, 6.07) is 5.67. The smallest absolute Gasteiger partial charge is 0.227 e. The van der Waals surface area contributed by atoms with E-state index in [2.05, 4.69) is 11.8 Å². The van der Waals surface area contributed by atoms with Crippen molar-refractivity contribution >= 4 is 5.91 Å². The van der Waals surface area contributed by atoms with Crippen molar-refractivity contribution in [1.82, 2.24) is 9.80 Å².